The monoisotopic (exact) mass is 412 g/mol. The summed E-state index contributed by atoms with van der Waals surface area (Å²) in [6.07, 6.45) is 6.64. The molecule has 5 N–H and O–H groups in total. The van der Waals surface area contributed by atoms with Crippen molar-refractivity contribution in [3.05, 3.63) is 65.7 Å². The third kappa shape index (κ3) is 7.89. The van der Waals surface area contributed by atoms with E-state index in [-0.39, 0.29) is 5.48 Å². The first-order valence-corrected chi connectivity index (χ1v) is 10.2. The average Bonchev–Trinajstić information content (AvgIpc) is 3.02. The van der Waals surface area contributed by atoms with Crippen molar-refractivity contribution < 1.29 is 10.3 Å². The van der Waals surface area contributed by atoms with Crippen LogP contribution in [0.15, 0.2) is 54.6 Å². The van der Waals surface area contributed by atoms with E-state index >= 15 is 0 Å². The maximum atomic E-state index is 10.9. The van der Waals surface area contributed by atoms with Crippen molar-refractivity contribution >= 4 is 23.4 Å². The van der Waals surface area contributed by atoms with E-state index in [4.69, 9.17) is 5.73 Å². The van der Waals surface area contributed by atoms with E-state index in [0.29, 0.717) is 6.17 Å². The van der Waals surface area contributed by atoms with Crippen LogP contribution in [0.5, 0.6) is 0 Å². The second-order valence-corrected chi connectivity index (χ2v) is 7.73. The Morgan fingerprint density at radius 1 is 1.17 bits per heavy atom. The quantitative estimate of drug-likeness (QED) is 0.683. The van der Waals surface area contributed by atoms with Crippen LogP contribution in [0, 0.1) is 0 Å². The number of anilines is 2. The molecule has 1 aliphatic rings. The molecule has 0 bridgehead atoms. The largest absolute Gasteiger partial charge is 0.412 e. The molecule has 2 aromatic carbocycles. The summed E-state index contributed by atoms with van der Waals surface area (Å²) < 4.78 is 0. The fourth-order valence-corrected chi connectivity index (χ4v) is 3.32. The molecule has 0 saturated heterocycles. The highest BCUT2D eigenvalue weighted by Gasteiger charge is 2.27. The predicted octanol–water partition coefficient (Wildman–Crippen LogP) is 3.14. The predicted molar refractivity (Wildman–Crippen MR) is 128 cm³/mol. The molecule has 1 amide bonds. The number of nitrogens with one attached hydrogen (secondary N) is 1. The molecule has 0 aliphatic carbocycles. The maximum absolute atomic E-state index is 10.9. The molecule has 2 aromatic rings. The Hall–Kier alpha value is -2.83. The van der Waals surface area contributed by atoms with Crippen LogP contribution < -0.4 is 16.0 Å². The second kappa shape index (κ2) is 12.7. The van der Waals surface area contributed by atoms with E-state index < -0.39 is 5.91 Å². The lowest BCUT2D eigenvalue weighted by atomic mass is 10.1. The van der Waals surface area contributed by atoms with Gasteiger partial charge in [0, 0.05) is 12.6 Å². The summed E-state index contributed by atoms with van der Waals surface area (Å²) in [5.74, 6) is -0.429. The zero-order chi connectivity index (χ0) is 21.2. The normalized spacial score (nSPS) is 14.6. The molecular formula is C24H36N4O2. The summed E-state index contributed by atoms with van der Waals surface area (Å²) in [6.45, 7) is 3.23. The topological polar surface area (TPSA) is 93.1 Å². The first-order valence-electron chi connectivity index (χ1n) is 10.2. The van der Waals surface area contributed by atoms with Crippen molar-refractivity contribution in [2.45, 2.75) is 32.4 Å². The van der Waals surface area contributed by atoms with Gasteiger partial charge in [-0.15, -0.1) is 0 Å². The number of hydrogen-bond donors (Lipinski definition) is 2. The maximum Gasteiger partial charge on any atom is 0.241 e. The van der Waals surface area contributed by atoms with E-state index in [9.17, 15) is 4.79 Å². The summed E-state index contributed by atoms with van der Waals surface area (Å²) in [6, 6.07) is 16.8. The minimum Gasteiger partial charge on any atom is -0.412 e. The van der Waals surface area contributed by atoms with Gasteiger partial charge in [-0.3, -0.25) is 4.79 Å². The van der Waals surface area contributed by atoms with Gasteiger partial charge < -0.3 is 26.3 Å². The Kier molecular flexibility index (Phi) is 10.6. The number of nitrogens with two attached hydrogens (primary N) is 1. The zero-order valence-electron chi connectivity index (χ0n) is 18.6. The van der Waals surface area contributed by atoms with Crippen LogP contribution in [0.25, 0.3) is 6.08 Å². The van der Waals surface area contributed by atoms with E-state index in [2.05, 4.69) is 59.6 Å². The molecule has 1 aliphatic heterocycles. The SMILES string of the molecule is CCCN1c2ccc(/C=C/C(N)=O)cc2NC1CCc1ccccc1.CN(C)C.O. The number of primary amides is 1. The van der Waals surface area contributed by atoms with E-state index in [0.717, 1.165) is 37.1 Å². The molecule has 1 unspecified atom stereocenters. The summed E-state index contributed by atoms with van der Waals surface area (Å²) in [4.78, 5) is 15.4. The molecule has 0 fully saturated rings. The van der Waals surface area contributed by atoms with E-state index in [1.165, 1.54) is 17.3 Å². The molecule has 0 aromatic heterocycles. The third-order valence-electron chi connectivity index (χ3n) is 4.48. The minimum atomic E-state index is -0.429. The Bertz CT molecular complexity index is 803. The van der Waals surface area contributed by atoms with Gasteiger partial charge in [0.15, 0.2) is 0 Å². The van der Waals surface area contributed by atoms with Crippen molar-refractivity contribution in [3.8, 4) is 0 Å². The Balaban J connectivity index is 0.000000827. The molecular weight excluding hydrogens is 376 g/mol. The summed E-state index contributed by atoms with van der Waals surface area (Å²) >= 11 is 0. The molecule has 6 heteroatoms. The number of benzene rings is 2. The lowest BCUT2D eigenvalue weighted by molar-refractivity contribution is -0.113. The number of hydrogen-bond acceptors (Lipinski definition) is 4. The number of rotatable bonds is 7. The van der Waals surface area contributed by atoms with Crippen molar-refractivity contribution in [2.75, 3.05) is 37.9 Å². The molecule has 1 heterocycles. The van der Waals surface area contributed by atoms with Gasteiger partial charge in [-0.2, -0.15) is 0 Å². The van der Waals surface area contributed by atoms with Crippen LogP contribution in [0.3, 0.4) is 0 Å². The molecule has 0 spiro atoms. The highest BCUT2D eigenvalue weighted by atomic mass is 16.1. The Morgan fingerprint density at radius 2 is 1.83 bits per heavy atom. The van der Waals surface area contributed by atoms with E-state index in [1.807, 2.05) is 32.1 Å². The van der Waals surface area contributed by atoms with E-state index in [1.54, 1.807) is 6.08 Å². The average molecular weight is 413 g/mol. The van der Waals surface area contributed by atoms with Gasteiger partial charge >= 0.3 is 0 Å². The lowest BCUT2D eigenvalue weighted by Gasteiger charge is -2.26. The van der Waals surface area contributed by atoms with Crippen LogP contribution in [-0.2, 0) is 11.2 Å². The molecule has 30 heavy (non-hydrogen) atoms. The first kappa shape index (κ1) is 25.2. The molecule has 0 saturated carbocycles. The first-order chi connectivity index (χ1) is 13.9. The van der Waals surface area contributed by atoms with Crippen molar-refractivity contribution in [1.29, 1.82) is 0 Å². The standard InChI is InChI=1S/C21H25N3O.C3H9N.H2O/c1-2-14-24-19-11-8-17(9-12-20(22)25)15-18(19)23-21(24)13-10-16-6-4-3-5-7-16;1-4(2)3;/h3-9,11-12,15,21,23H,2,10,13-14H2,1H3,(H2,22,25);1-3H3;1H2/b12-9+;;. The minimum absolute atomic E-state index is 0. The highest BCUT2D eigenvalue weighted by molar-refractivity contribution is 5.91. The number of carbonyl (C=O) groups excluding carboxylic acids is 1. The smallest absolute Gasteiger partial charge is 0.241 e. The fourth-order valence-electron chi connectivity index (χ4n) is 3.32. The number of aryl methyl sites for hydroxylation is 1. The lowest BCUT2D eigenvalue weighted by Crippen LogP contribution is -2.36. The summed E-state index contributed by atoms with van der Waals surface area (Å²) in [5.41, 5.74) is 9.88. The van der Waals surface area contributed by atoms with Crippen molar-refractivity contribution in [3.63, 3.8) is 0 Å². The summed E-state index contributed by atoms with van der Waals surface area (Å²) in [7, 11) is 6.00. The van der Waals surface area contributed by atoms with Crippen molar-refractivity contribution in [1.82, 2.24) is 4.90 Å². The number of nitrogens with zero attached hydrogens (tertiary/aromatic N) is 2. The molecule has 164 valence electrons. The van der Waals surface area contributed by atoms with Gasteiger partial charge in [0.1, 0.15) is 0 Å². The zero-order valence-corrected chi connectivity index (χ0v) is 18.6. The molecule has 1 atom stereocenters. The third-order valence-corrected chi connectivity index (χ3v) is 4.48. The van der Waals surface area contributed by atoms with Crippen LogP contribution in [0.2, 0.25) is 0 Å². The Labute approximate surface area is 180 Å². The van der Waals surface area contributed by atoms with Crippen LogP contribution in [0.1, 0.15) is 30.9 Å². The van der Waals surface area contributed by atoms with Crippen molar-refractivity contribution in [2.24, 2.45) is 5.73 Å². The van der Waals surface area contributed by atoms with Gasteiger partial charge in [0.2, 0.25) is 5.91 Å². The van der Waals surface area contributed by atoms with Gasteiger partial charge in [0.25, 0.3) is 0 Å². The Morgan fingerprint density at radius 3 is 2.43 bits per heavy atom. The van der Waals surface area contributed by atoms with Crippen LogP contribution in [-0.4, -0.2) is 50.1 Å². The summed E-state index contributed by atoms with van der Waals surface area (Å²) in [5, 5.41) is 3.64. The molecule has 3 rings (SSSR count). The van der Waals surface area contributed by atoms with Crippen LogP contribution >= 0.6 is 0 Å². The fraction of sp³-hybridized carbons (Fsp3) is 0.375. The van der Waals surface area contributed by atoms with Gasteiger partial charge in [-0.1, -0.05) is 43.3 Å². The highest BCUT2D eigenvalue weighted by Crippen LogP contribution is 2.37. The number of carbonyl (C=O) groups is 1. The van der Waals surface area contributed by atoms with Gasteiger partial charge in [0.05, 0.1) is 17.5 Å². The molecule has 0 radical (unpaired) electrons. The van der Waals surface area contributed by atoms with Gasteiger partial charge in [-0.25, -0.2) is 0 Å². The number of amides is 1. The molecule has 6 nitrogen and oxygen atoms in total. The van der Waals surface area contributed by atoms with Gasteiger partial charge in [-0.05, 0) is 69.7 Å². The number of fused-ring (bicyclic) bond motifs is 1. The van der Waals surface area contributed by atoms with Crippen LogP contribution in [0.4, 0.5) is 11.4 Å². The second-order valence-electron chi connectivity index (χ2n) is 7.73.